The molecular formula is C52H84O22. The van der Waals surface area contributed by atoms with Gasteiger partial charge in [-0.2, -0.15) is 0 Å². The minimum atomic E-state index is -1.86. The summed E-state index contributed by atoms with van der Waals surface area (Å²) in [7, 11) is 0. The van der Waals surface area contributed by atoms with Crippen LogP contribution in [0.3, 0.4) is 0 Å². The molecule has 13 N–H and O–H groups in total. The fourth-order valence-corrected chi connectivity index (χ4v) is 16.0. The molecule has 4 saturated heterocycles. The summed E-state index contributed by atoms with van der Waals surface area (Å²) in [5, 5.41) is 141. The number of esters is 1. The second kappa shape index (κ2) is 20.5. The second-order valence-electron chi connectivity index (χ2n) is 24.9. The molecule has 4 saturated carbocycles. The molecule has 0 unspecified atom stereocenters. The number of ether oxygens (including phenoxy) is 8. The molecule has 0 aromatic carbocycles. The van der Waals surface area contributed by atoms with E-state index in [1.54, 1.807) is 6.92 Å². The summed E-state index contributed by atoms with van der Waals surface area (Å²) in [6.45, 7) is 12.8. The fraction of sp³-hybridized carbons (Fsp3) is 0.942. The lowest BCUT2D eigenvalue weighted by Gasteiger charge is -2.72. The third-order valence-corrected chi connectivity index (χ3v) is 21.2. The molecule has 29 atom stereocenters. The van der Waals surface area contributed by atoms with Crippen molar-refractivity contribution in [3.05, 3.63) is 11.6 Å². The topological polar surface area (TPSA) is 354 Å². The van der Waals surface area contributed by atoms with Crippen LogP contribution in [-0.2, 0) is 42.7 Å². The van der Waals surface area contributed by atoms with Crippen LogP contribution < -0.4 is 0 Å². The van der Waals surface area contributed by atoms with E-state index < -0.39 is 163 Å². The van der Waals surface area contributed by atoms with Gasteiger partial charge in [-0.25, -0.2) is 0 Å². The summed E-state index contributed by atoms with van der Waals surface area (Å²) in [4.78, 5) is 15.1. The van der Waals surface area contributed by atoms with Crippen molar-refractivity contribution in [3.8, 4) is 0 Å². The standard InChI is InChI=1S/C52H84O22/c1-22-31-24-8-9-29-47(3)12-11-30(72-44-40(64)41(26(55)19-68-44)73-43-37(61)33(57)25(54)18-67-43)48(4,21-53)28(47)10-13-50(29,6)49(24,5)14-16-52(31,17-15-51(22,7)66)46(65)74-45-39(63)36(60)34(58)27(71-45)20-69-42-38(62)35(59)32(56)23(2)70-42/h8,22-23,25-45,53-64,66H,9-21H2,1-7H3/t22-,23+,25-,26+,27-,28-,29-,30+,31-,32+,33+,34-,35-,36+,37-,38-,39-,40-,41+,42-,43+,44+,45+,47+,48+,49-,50-,51+,52-/m1/s1. The highest BCUT2D eigenvalue weighted by Crippen LogP contribution is 2.76. The molecule has 0 bridgehead atoms. The van der Waals surface area contributed by atoms with E-state index in [-0.39, 0.29) is 55.3 Å². The van der Waals surface area contributed by atoms with Crippen LogP contribution >= 0.6 is 0 Å². The van der Waals surface area contributed by atoms with E-state index in [1.165, 1.54) is 6.92 Å². The average molecular weight is 1060 g/mol. The quantitative estimate of drug-likeness (QED) is 0.0653. The molecule has 74 heavy (non-hydrogen) atoms. The van der Waals surface area contributed by atoms with E-state index in [0.29, 0.717) is 38.5 Å². The van der Waals surface area contributed by atoms with E-state index >= 15 is 4.79 Å². The number of rotatable bonds is 10. The number of allylic oxidation sites excluding steroid dienone is 2. The van der Waals surface area contributed by atoms with Gasteiger partial charge in [0.1, 0.15) is 79.4 Å². The first-order chi connectivity index (χ1) is 34.6. The van der Waals surface area contributed by atoms with E-state index in [0.717, 1.165) is 12.0 Å². The van der Waals surface area contributed by atoms with Gasteiger partial charge in [-0.05, 0) is 106 Å². The van der Waals surface area contributed by atoms with Gasteiger partial charge in [-0.15, -0.1) is 0 Å². The lowest BCUT2D eigenvalue weighted by atomic mass is 9.33. The monoisotopic (exact) mass is 1060 g/mol. The zero-order chi connectivity index (χ0) is 54.0. The van der Waals surface area contributed by atoms with Crippen LogP contribution in [0, 0.1) is 50.7 Å². The molecule has 0 spiro atoms. The molecule has 9 aliphatic rings. The van der Waals surface area contributed by atoms with Crippen LogP contribution in [0.4, 0.5) is 0 Å². The molecule has 8 fully saturated rings. The predicted octanol–water partition coefficient (Wildman–Crippen LogP) is -1.79. The summed E-state index contributed by atoms with van der Waals surface area (Å²) in [6.07, 6.45) is -20.6. The molecule has 0 aromatic heterocycles. The highest BCUT2D eigenvalue weighted by Gasteiger charge is 2.71. The van der Waals surface area contributed by atoms with Crippen LogP contribution in [-0.4, -0.2) is 221 Å². The largest absolute Gasteiger partial charge is 0.432 e. The van der Waals surface area contributed by atoms with Crippen molar-refractivity contribution in [2.24, 2.45) is 50.7 Å². The average Bonchev–Trinajstić information content (AvgIpc) is 3.36. The van der Waals surface area contributed by atoms with Crippen molar-refractivity contribution in [2.45, 2.75) is 229 Å². The summed E-state index contributed by atoms with van der Waals surface area (Å²) >= 11 is 0. The van der Waals surface area contributed by atoms with Gasteiger partial charge in [0.2, 0.25) is 6.29 Å². The van der Waals surface area contributed by atoms with Crippen LogP contribution in [0.1, 0.15) is 106 Å². The van der Waals surface area contributed by atoms with Crippen LogP contribution in [0.5, 0.6) is 0 Å². The number of aliphatic hydroxyl groups excluding tert-OH is 12. The molecule has 9 rings (SSSR count). The third kappa shape index (κ3) is 8.98. The highest BCUT2D eigenvalue weighted by molar-refractivity contribution is 5.79. The molecular weight excluding hydrogens is 977 g/mol. The first kappa shape index (κ1) is 57.1. The Morgan fingerprint density at radius 2 is 1.27 bits per heavy atom. The summed E-state index contributed by atoms with van der Waals surface area (Å²) in [6, 6.07) is 0. The maximum atomic E-state index is 15.1. The third-order valence-electron chi connectivity index (χ3n) is 21.2. The molecule has 0 amide bonds. The van der Waals surface area contributed by atoms with Gasteiger partial charge < -0.3 is 104 Å². The first-order valence-corrected chi connectivity index (χ1v) is 26.8. The maximum absolute atomic E-state index is 15.1. The van der Waals surface area contributed by atoms with Gasteiger partial charge in [-0.1, -0.05) is 46.3 Å². The predicted molar refractivity (Wildman–Crippen MR) is 252 cm³/mol. The Morgan fingerprint density at radius 3 is 1.96 bits per heavy atom. The SMILES string of the molecule is C[C@@H]1O[C@@H](OC[C@H]2O[C@@H](OC(=O)[C@]34CC[C@](C)(O)[C@H](C)[C@@H]3C3=CC[C@@H]5[C@@]6(C)CC[C@H](O[C@@H]7OC[C@H](O)[C@H](O[C@@H]8OC[C@@H](O)[C@H](O)[C@H]8O)[C@H]7O)[C@@](C)(CO)[C@@H]6CC[C@@]5(C)[C@]3(C)CC4)[C@H](O)[C@@H](O)[C@@H]2O)[C@H](O)[C@H](O)[C@H]1O. The van der Waals surface area contributed by atoms with E-state index in [1.807, 2.05) is 13.8 Å². The van der Waals surface area contributed by atoms with Crippen molar-refractivity contribution in [3.63, 3.8) is 0 Å². The first-order valence-electron chi connectivity index (χ1n) is 26.8. The smallest absolute Gasteiger partial charge is 0.315 e. The Bertz CT molecular complexity index is 2050. The number of carbonyl (C=O) groups excluding carboxylic acids is 1. The van der Waals surface area contributed by atoms with E-state index in [4.69, 9.17) is 37.9 Å². The Balaban J connectivity index is 0.932. The summed E-state index contributed by atoms with van der Waals surface area (Å²) in [5.74, 6) is -1.57. The maximum Gasteiger partial charge on any atom is 0.315 e. The van der Waals surface area contributed by atoms with E-state index in [2.05, 4.69) is 26.8 Å². The van der Waals surface area contributed by atoms with Gasteiger partial charge >= 0.3 is 5.97 Å². The van der Waals surface area contributed by atoms with Crippen LogP contribution in [0.15, 0.2) is 11.6 Å². The Morgan fingerprint density at radius 1 is 0.649 bits per heavy atom. The lowest BCUT2D eigenvalue weighted by Crippen LogP contribution is -2.68. The van der Waals surface area contributed by atoms with Crippen molar-refractivity contribution < 1.29 is 109 Å². The van der Waals surface area contributed by atoms with E-state index in [9.17, 15) is 66.4 Å². The summed E-state index contributed by atoms with van der Waals surface area (Å²) in [5.41, 5.74) is -3.24. The number of carbonyl (C=O) groups is 1. The van der Waals surface area contributed by atoms with Gasteiger partial charge in [0, 0.05) is 11.3 Å². The molecule has 22 heteroatoms. The van der Waals surface area contributed by atoms with Crippen molar-refractivity contribution >= 4 is 5.97 Å². The molecule has 5 aliphatic carbocycles. The van der Waals surface area contributed by atoms with Crippen molar-refractivity contribution in [1.82, 2.24) is 0 Å². The van der Waals surface area contributed by atoms with Gasteiger partial charge in [0.25, 0.3) is 0 Å². The summed E-state index contributed by atoms with van der Waals surface area (Å²) < 4.78 is 46.9. The normalized spacial score (nSPS) is 56.7. The van der Waals surface area contributed by atoms with Gasteiger partial charge in [0.05, 0.1) is 49.7 Å². The number of aliphatic hydroxyl groups is 13. The fourth-order valence-electron chi connectivity index (χ4n) is 16.0. The lowest BCUT2D eigenvalue weighted by molar-refractivity contribution is -0.348. The minimum absolute atomic E-state index is 0.0622. The molecule has 0 radical (unpaired) electrons. The second-order valence-corrected chi connectivity index (χ2v) is 24.9. The molecule has 0 aromatic rings. The molecule has 424 valence electrons. The van der Waals surface area contributed by atoms with Crippen molar-refractivity contribution in [1.29, 1.82) is 0 Å². The number of hydrogen-bond donors (Lipinski definition) is 13. The Kier molecular flexibility index (Phi) is 15.8. The van der Waals surface area contributed by atoms with Gasteiger partial charge in [-0.3, -0.25) is 4.79 Å². The zero-order valence-corrected chi connectivity index (χ0v) is 43.5. The Hall–Kier alpha value is -1.59. The van der Waals surface area contributed by atoms with Gasteiger partial charge in [0.15, 0.2) is 18.9 Å². The number of fused-ring (bicyclic) bond motifs is 7. The van der Waals surface area contributed by atoms with Crippen LogP contribution in [0.25, 0.3) is 0 Å². The van der Waals surface area contributed by atoms with Crippen LogP contribution in [0.2, 0.25) is 0 Å². The molecule has 4 aliphatic heterocycles. The number of hydrogen-bond acceptors (Lipinski definition) is 22. The minimum Gasteiger partial charge on any atom is -0.432 e. The molecule has 22 nitrogen and oxygen atoms in total. The highest BCUT2D eigenvalue weighted by atomic mass is 16.7. The Labute approximate surface area is 431 Å². The molecule has 4 heterocycles. The van der Waals surface area contributed by atoms with Crippen molar-refractivity contribution in [2.75, 3.05) is 26.4 Å². The zero-order valence-electron chi connectivity index (χ0n) is 43.5.